The molecule has 23 heavy (non-hydrogen) atoms. The van der Waals surface area contributed by atoms with Crippen molar-refractivity contribution in [2.75, 3.05) is 25.4 Å². The molecule has 2 aliphatic rings. The van der Waals surface area contributed by atoms with Crippen molar-refractivity contribution in [3.8, 4) is 0 Å². The molecule has 2 aliphatic heterocycles. The van der Waals surface area contributed by atoms with Crippen LogP contribution in [0.1, 0.15) is 19.3 Å². The van der Waals surface area contributed by atoms with Crippen LogP contribution < -0.4 is 5.32 Å². The van der Waals surface area contributed by atoms with E-state index in [9.17, 15) is 13.2 Å². The second-order valence-corrected chi connectivity index (χ2v) is 6.49. The quantitative estimate of drug-likeness (QED) is 0.628. The summed E-state index contributed by atoms with van der Waals surface area (Å²) < 4.78 is 38.5. The molecule has 2 heterocycles. The van der Waals surface area contributed by atoms with Crippen LogP contribution in [-0.4, -0.2) is 54.5 Å². The molecule has 2 rings (SSSR count). The highest BCUT2D eigenvalue weighted by atomic mass is 32.2. The van der Waals surface area contributed by atoms with E-state index in [4.69, 9.17) is 0 Å². The predicted molar refractivity (Wildman–Crippen MR) is 89.9 cm³/mol. The van der Waals surface area contributed by atoms with Crippen LogP contribution in [0.2, 0.25) is 0 Å². The van der Waals surface area contributed by atoms with E-state index in [1.165, 1.54) is 0 Å². The number of rotatable bonds is 4. The molecular weight excluding hydrogens is 325 g/mol. The number of alkyl halides is 3. The van der Waals surface area contributed by atoms with Crippen LogP contribution >= 0.6 is 11.9 Å². The summed E-state index contributed by atoms with van der Waals surface area (Å²) in [5.41, 5.74) is 0.895. The molecule has 8 heteroatoms. The van der Waals surface area contributed by atoms with Crippen molar-refractivity contribution < 1.29 is 13.2 Å². The minimum atomic E-state index is -4.11. The molecule has 0 amide bonds. The van der Waals surface area contributed by atoms with Crippen LogP contribution in [0, 0.1) is 0 Å². The SMILES string of the molecule is C=N/C=C1/C=CCCN=C1NC1CCN(SCC(F)(F)F)CC1. The molecule has 4 nitrogen and oxygen atoms in total. The lowest BCUT2D eigenvalue weighted by Gasteiger charge is -2.32. The Hall–Kier alpha value is -1.28. The summed E-state index contributed by atoms with van der Waals surface area (Å²) in [4.78, 5) is 8.33. The maximum absolute atomic E-state index is 12.2. The molecule has 0 bridgehead atoms. The van der Waals surface area contributed by atoms with Gasteiger partial charge in [-0.2, -0.15) is 13.2 Å². The first-order chi connectivity index (χ1) is 11.0. The fourth-order valence-corrected chi connectivity index (χ4v) is 3.25. The molecule has 0 spiro atoms. The van der Waals surface area contributed by atoms with Gasteiger partial charge in [0.25, 0.3) is 0 Å². The highest BCUT2D eigenvalue weighted by Crippen LogP contribution is 2.26. The van der Waals surface area contributed by atoms with Crippen molar-refractivity contribution in [3.63, 3.8) is 0 Å². The molecule has 0 saturated carbocycles. The Morgan fingerprint density at radius 3 is 2.83 bits per heavy atom. The number of hydrogen-bond donors (Lipinski definition) is 1. The molecule has 0 radical (unpaired) electrons. The number of amidine groups is 1. The molecule has 1 fully saturated rings. The zero-order valence-corrected chi connectivity index (χ0v) is 13.7. The number of hydrogen-bond acceptors (Lipinski definition) is 5. The van der Waals surface area contributed by atoms with Crippen molar-refractivity contribution in [2.45, 2.75) is 31.5 Å². The normalized spacial score (nSPS) is 22.7. The van der Waals surface area contributed by atoms with Gasteiger partial charge in [0, 0.05) is 37.4 Å². The average Bonchev–Trinajstić information content (AvgIpc) is 2.72. The van der Waals surface area contributed by atoms with E-state index in [1.54, 1.807) is 10.5 Å². The van der Waals surface area contributed by atoms with Crippen LogP contribution in [0.5, 0.6) is 0 Å². The van der Waals surface area contributed by atoms with Crippen LogP contribution in [0.25, 0.3) is 0 Å². The first-order valence-corrected chi connectivity index (χ1v) is 8.51. The third-order valence-corrected chi connectivity index (χ3v) is 4.76. The van der Waals surface area contributed by atoms with Crippen molar-refractivity contribution in [2.24, 2.45) is 9.98 Å². The van der Waals surface area contributed by atoms with Gasteiger partial charge in [0.15, 0.2) is 0 Å². The van der Waals surface area contributed by atoms with Crippen LogP contribution in [0.4, 0.5) is 13.2 Å². The fourth-order valence-electron chi connectivity index (χ4n) is 2.45. The third kappa shape index (κ3) is 6.39. The first-order valence-electron chi connectivity index (χ1n) is 7.56. The van der Waals surface area contributed by atoms with Gasteiger partial charge in [-0.25, -0.2) is 0 Å². The van der Waals surface area contributed by atoms with Crippen molar-refractivity contribution in [1.29, 1.82) is 0 Å². The van der Waals surface area contributed by atoms with Gasteiger partial charge in [-0.05, 0) is 26.0 Å². The summed E-state index contributed by atoms with van der Waals surface area (Å²) in [6, 6.07) is 0.219. The molecular formula is C15H21F3N4S. The Morgan fingerprint density at radius 2 is 2.17 bits per heavy atom. The number of nitrogens with zero attached hydrogens (tertiary/aromatic N) is 3. The summed E-state index contributed by atoms with van der Waals surface area (Å²) in [7, 11) is 0. The number of piperidine rings is 1. The summed E-state index contributed by atoms with van der Waals surface area (Å²) in [5, 5.41) is 3.41. The summed E-state index contributed by atoms with van der Waals surface area (Å²) in [6.07, 6.45) is 4.05. The molecule has 0 aromatic heterocycles. The molecule has 1 N–H and O–H groups in total. The molecule has 0 aromatic rings. The number of nitrogens with one attached hydrogen (secondary N) is 1. The lowest BCUT2D eigenvalue weighted by atomic mass is 10.1. The first kappa shape index (κ1) is 18.1. The number of aliphatic imine (C=N–C) groups is 2. The molecule has 0 atom stereocenters. The smallest absolute Gasteiger partial charge is 0.367 e. The Bertz CT molecular complexity index is 491. The summed E-state index contributed by atoms with van der Waals surface area (Å²) >= 11 is 0.869. The van der Waals surface area contributed by atoms with E-state index in [1.807, 2.05) is 12.2 Å². The van der Waals surface area contributed by atoms with E-state index in [2.05, 4.69) is 22.0 Å². The van der Waals surface area contributed by atoms with Gasteiger partial charge < -0.3 is 5.32 Å². The maximum Gasteiger partial charge on any atom is 0.399 e. The van der Waals surface area contributed by atoms with Crippen LogP contribution in [0.15, 0.2) is 33.9 Å². The lowest BCUT2D eigenvalue weighted by Crippen LogP contribution is -2.43. The Morgan fingerprint density at radius 1 is 1.43 bits per heavy atom. The second kappa shape index (κ2) is 8.54. The Kier molecular flexibility index (Phi) is 6.71. The van der Waals surface area contributed by atoms with Gasteiger partial charge in [-0.15, -0.1) is 0 Å². The molecule has 0 unspecified atom stereocenters. The van der Waals surface area contributed by atoms with Crippen molar-refractivity contribution in [1.82, 2.24) is 9.62 Å². The average molecular weight is 346 g/mol. The van der Waals surface area contributed by atoms with Gasteiger partial charge in [0.05, 0.1) is 0 Å². The highest BCUT2D eigenvalue weighted by molar-refractivity contribution is 7.97. The summed E-state index contributed by atoms with van der Waals surface area (Å²) in [6.45, 7) is 5.47. The van der Waals surface area contributed by atoms with Crippen molar-refractivity contribution in [3.05, 3.63) is 23.9 Å². The Labute approximate surface area is 138 Å². The van der Waals surface area contributed by atoms with Gasteiger partial charge in [0.1, 0.15) is 11.6 Å². The standard InChI is InChI=1S/C15H21F3N4S/c1-19-10-12-4-2-3-7-20-14(12)21-13-5-8-22(9-6-13)23-11-15(16,17)18/h2,4,10,13H,1,3,5-9,11H2,(H,20,21)/b12-10-. The van der Waals surface area contributed by atoms with Crippen LogP contribution in [-0.2, 0) is 0 Å². The van der Waals surface area contributed by atoms with Crippen LogP contribution in [0.3, 0.4) is 0 Å². The zero-order chi connectivity index (χ0) is 16.7. The van der Waals surface area contributed by atoms with Gasteiger partial charge in [-0.1, -0.05) is 24.1 Å². The lowest BCUT2D eigenvalue weighted by molar-refractivity contribution is -0.105. The largest absolute Gasteiger partial charge is 0.399 e. The molecule has 128 valence electrons. The minimum Gasteiger partial charge on any atom is -0.367 e. The van der Waals surface area contributed by atoms with Gasteiger partial charge in [-0.3, -0.25) is 14.3 Å². The topological polar surface area (TPSA) is 40.0 Å². The van der Waals surface area contributed by atoms with Gasteiger partial charge in [0.2, 0.25) is 0 Å². The monoisotopic (exact) mass is 346 g/mol. The van der Waals surface area contributed by atoms with E-state index < -0.39 is 11.9 Å². The predicted octanol–water partition coefficient (Wildman–Crippen LogP) is 3.19. The van der Waals surface area contributed by atoms with E-state index in [0.29, 0.717) is 19.6 Å². The third-order valence-electron chi connectivity index (χ3n) is 3.57. The Balaban J connectivity index is 1.83. The fraction of sp³-hybridized carbons (Fsp3) is 0.600. The minimum absolute atomic E-state index is 0.219. The van der Waals surface area contributed by atoms with E-state index >= 15 is 0 Å². The van der Waals surface area contributed by atoms with Crippen molar-refractivity contribution >= 4 is 24.5 Å². The summed E-state index contributed by atoms with van der Waals surface area (Å²) in [5.74, 6) is -0.0203. The molecule has 0 aromatic carbocycles. The van der Waals surface area contributed by atoms with E-state index in [0.717, 1.165) is 42.6 Å². The highest BCUT2D eigenvalue weighted by Gasteiger charge is 2.30. The van der Waals surface area contributed by atoms with E-state index in [-0.39, 0.29) is 6.04 Å². The van der Waals surface area contributed by atoms with Gasteiger partial charge >= 0.3 is 6.18 Å². The second-order valence-electron chi connectivity index (χ2n) is 5.42. The zero-order valence-electron chi connectivity index (χ0n) is 12.9. The molecule has 0 aliphatic carbocycles. The number of halogens is 3. The maximum atomic E-state index is 12.2. The molecule has 1 saturated heterocycles.